The minimum Gasteiger partial charge on any atom is -0.394 e. The van der Waals surface area contributed by atoms with Crippen LogP contribution in [0.1, 0.15) is 0 Å². The zero-order chi connectivity index (χ0) is 9.30. The Morgan fingerprint density at radius 3 is 2.42 bits per heavy atom. The van der Waals surface area contributed by atoms with Crippen LogP contribution in [0.3, 0.4) is 0 Å². The molecule has 5 nitrogen and oxygen atoms in total. The summed E-state index contributed by atoms with van der Waals surface area (Å²) in [6.45, 7) is -0.340. The predicted octanol–water partition coefficient (Wildman–Crippen LogP) is -1.85. The van der Waals surface area contributed by atoms with Gasteiger partial charge in [0.05, 0.1) is 12.6 Å². The van der Waals surface area contributed by atoms with Crippen molar-refractivity contribution in [3.8, 4) is 0 Å². The van der Waals surface area contributed by atoms with Crippen molar-refractivity contribution in [3.63, 3.8) is 0 Å². The van der Waals surface area contributed by atoms with Gasteiger partial charge in [-0.05, 0) is 0 Å². The van der Waals surface area contributed by atoms with Crippen molar-refractivity contribution in [1.82, 2.24) is 0 Å². The normalized spacial score (nSPS) is 49.2. The fourth-order valence-electron chi connectivity index (χ4n) is 1.09. The van der Waals surface area contributed by atoms with Crippen molar-refractivity contribution >= 4 is 15.9 Å². The summed E-state index contributed by atoms with van der Waals surface area (Å²) in [5.41, 5.74) is 5.47. The molecule has 0 aliphatic carbocycles. The van der Waals surface area contributed by atoms with Gasteiger partial charge in [-0.2, -0.15) is 0 Å². The second-order valence-corrected chi connectivity index (χ2v) is 3.67. The highest BCUT2D eigenvalue weighted by atomic mass is 79.9. The highest BCUT2D eigenvalue weighted by Crippen LogP contribution is 2.22. The molecule has 72 valence electrons. The van der Waals surface area contributed by atoms with Gasteiger partial charge in [-0.15, -0.1) is 0 Å². The molecule has 0 spiro atoms. The van der Waals surface area contributed by atoms with Crippen molar-refractivity contribution in [2.75, 3.05) is 6.61 Å². The summed E-state index contributed by atoms with van der Waals surface area (Å²) in [6.07, 6.45) is -2.97. The van der Waals surface area contributed by atoms with Crippen LogP contribution in [0.2, 0.25) is 0 Å². The smallest absolute Gasteiger partial charge is 0.130 e. The third-order valence-electron chi connectivity index (χ3n) is 1.91. The maximum absolute atomic E-state index is 9.32. The number of aliphatic hydroxyl groups is 3. The summed E-state index contributed by atoms with van der Waals surface area (Å²) in [7, 11) is 0. The Balaban J connectivity index is 2.63. The molecule has 1 saturated heterocycles. The summed E-state index contributed by atoms with van der Waals surface area (Å²) in [5.74, 6) is 0. The first kappa shape index (κ1) is 10.4. The number of hydrogen-bond acceptors (Lipinski definition) is 5. The molecule has 5 atom stereocenters. The van der Waals surface area contributed by atoms with Gasteiger partial charge < -0.3 is 25.8 Å². The molecule has 5 N–H and O–H groups in total. The Morgan fingerprint density at radius 1 is 1.33 bits per heavy atom. The summed E-state index contributed by atoms with van der Waals surface area (Å²) in [5, 5.41) is 26.8. The van der Waals surface area contributed by atoms with Crippen LogP contribution in [0.5, 0.6) is 0 Å². The van der Waals surface area contributed by atoms with Crippen molar-refractivity contribution in [2.24, 2.45) is 5.73 Å². The van der Waals surface area contributed by atoms with Crippen molar-refractivity contribution < 1.29 is 20.1 Å². The maximum Gasteiger partial charge on any atom is 0.130 e. The number of halogens is 1. The Hall–Kier alpha value is 0.280. The van der Waals surface area contributed by atoms with Crippen LogP contribution >= 0.6 is 15.9 Å². The second-order valence-electron chi connectivity index (χ2n) is 2.77. The standard InChI is InChI=1S/C6H12BrNO4/c7-6-3(8)5(11)4(10)2(1-9)12-6/h2-6,9-11H,1,8H2/t2-,3?,4?,5?,6?/m1/s1. The van der Waals surface area contributed by atoms with Crippen molar-refractivity contribution in [3.05, 3.63) is 0 Å². The lowest BCUT2D eigenvalue weighted by Gasteiger charge is -2.38. The SMILES string of the molecule is NC1C(Br)O[C@H](CO)C(O)C1O. The van der Waals surface area contributed by atoms with E-state index in [-0.39, 0.29) is 6.61 Å². The summed E-state index contributed by atoms with van der Waals surface area (Å²) in [4.78, 5) is 0. The first-order chi connectivity index (χ1) is 5.57. The fourth-order valence-corrected chi connectivity index (χ4v) is 1.68. The van der Waals surface area contributed by atoms with E-state index in [1.807, 2.05) is 0 Å². The first-order valence-electron chi connectivity index (χ1n) is 3.60. The van der Waals surface area contributed by atoms with Crippen molar-refractivity contribution in [2.45, 2.75) is 29.4 Å². The topological polar surface area (TPSA) is 95.9 Å². The van der Waals surface area contributed by atoms with E-state index in [0.717, 1.165) is 0 Å². The maximum atomic E-state index is 9.32. The van der Waals surface area contributed by atoms with Gasteiger partial charge in [0, 0.05) is 0 Å². The summed E-state index contributed by atoms with van der Waals surface area (Å²) in [6, 6.07) is -0.678. The molecule has 1 aliphatic heterocycles. The zero-order valence-corrected chi connectivity index (χ0v) is 7.89. The van der Waals surface area contributed by atoms with E-state index >= 15 is 0 Å². The van der Waals surface area contributed by atoms with E-state index in [0.29, 0.717) is 0 Å². The molecule has 1 rings (SSSR count). The minimum absolute atomic E-state index is 0.340. The average Bonchev–Trinajstić information content (AvgIpc) is 2.08. The van der Waals surface area contributed by atoms with Crippen molar-refractivity contribution in [1.29, 1.82) is 0 Å². The average molecular weight is 242 g/mol. The largest absolute Gasteiger partial charge is 0.394 e. The van der Waals surface area contributed by atoms with Crippen LogP contribution in [0.4, 0.5) is 0 Å². The Bertz CT molecular complexity index is 154. The van der Waals surface area contributed by atoms with E-state index in [4.69, 9.17) is 15.6 Å². The van der Waals surface area contributed by atoms with Crippen LogP contribution in [0, 0.1) is 0 Å². The van der Waals surface area contributed by atoms with Gasteiger partial charge >= 0.3 is 0 Å². The molecule has 0 bridgehead atoms. The number of alkyl halides is 1. The molecule has 1 heterocycles. The second kappa shape index (κ2) is 3.99. The van der Waals surface area contributed by atoms with E-state index in [9.17, 15) is 10.2 Å². The third-order valence-corrected chi connectivity index (χ3v) is 2.74. The Kier molecular flexibility index (Phi) is 3.45. The quantitative estimate of drug-likeness (QED) is 0.405. The molecule has 0 radical (unpaired) electrons. The van der Waals surface area contributed by atoms with Crippen LogP contribution in [-0.2, 0) is 4.74 Å². The number of nitrogens with two attached hydrogens (primary N) is 1. The van der Waals surface area contributed by atoms with Gasteiger partial charge in [-0.25, -0.2) is 0 Å². The van der Waals surface area contributed by atoms with Crippen LogP contribution in [0.15, 0.2) is 0 Å². The highest BCUT2D eigenvalue weighted by molar-refractivity contribution is 9.09. The predicted molar refractivity (Wildman–Crippen MR) is 44.7 cm³/mol. The Labute approximate surface area is 78.3 Å². The van der Waals surface area contributed by atoms with E-state index in [1.165, 1.54) is 0 Å². The molecule has 0 saturated carbocycles. The molecule has 0 aromatic carbocycles. The lowest BCUT2D eigenvalue weighted by molar-refractivity contribution is -0.164. The van der Waals surface area contributed by atoms with E-state index in [2.05, 4.69) is 15.9 Å². The lowest BCUT2D eigenvalue weighted by Crippen LogP contribution is -2.60. The van der Waals surface area contributed by atoms with E-state index in [1.54, 1.807) is 0 Å². The molecular formula is C6H12BrNO4. The van der Waals surface area contributed by atoms with E-state index < -0.39 is 29.4 Å². The highest BCUT2D eigenvalue weighted by Gasteiger charge is 2.41. The first-order valence-corrected chi connectivity index (χ1v) is 4.51. The van der Waals surface area contributed by atoms with Gasteiger partial charge in [-0.3, -0.25) is 0 Å². The van der Waals surface area contributed by atoms with Gasteiger partial charge in [-0.1, -0.05) is 15.9 Å². The number of aliphatic hydroxyl groups excluding tert-OH is 3. The molecule has 0 aromatic rings. The molecule has 6 heteroatoms. The lowest BCUT2D eigenvalue weighted by atomic mass is 9.99. The molecule has 0 aromatic heterocycles. The summed E-state index contributed by atoms with van der Waals surface area (Å²) < 4.78 is 5.06. The number of rotatable bonds is 1. The number of hydrogen-bond donors (Lipinski definition) is 4. The van der Waals surface area contributed by atoms with Crippen LogP contribution in [0.25, 0.3) is 0 Å². The van der Waals surface area contributed by atoms with Crippen LogP contribution in [-0.4, -0.2) is 51.3 Å². The molecule has 12 heavy (non-hydrogen) atoms. The molecule has 1 fully saturated rings. The molecular weight excluding hydrogens is 230 g/mol. The monoisotopic (exact) mass is 241 g/mol. The molecule has 4 unspecified atom stereocenters. The van der Waals surface area contributed by atoms with Gasteiger partial charge in [0.15, 0.2) is 0 Å². The zero-order valence-electron chi connectivity index (χ0n) is 6.30. The minimum atomic E-state index is -1.13. The fraction of sp³-hybridized carbons (Fsp3) is 1.00. The molecule has 1 aliphatic rings. The Morgan fingerprint density at radius 2 is 1.92 bits per heavy atom. The van der Waals surface area contributed by atoms with Gasteiger partial charge in [0.25, 0.3) is 0 Å². The number of ether oxygens (including phenoxy) is 1. The van der Waals surface area contributed by atoms with Gasteiger partial charge in [0.1, 0.15) is 23.3 Å². The summed E-state index contributed by atoms with van der Waals surface area (Å²) >= 11 is 3.07. The van der Waals surface area contributed by atoms with Crippen LogP contribution < -0.4 is 5.73 Å². The third kappa shape index (κ3) is 1.78. The van der Waals surface area contributed by atoms with Gasteiger partial charge in [0.2, 0.25) is 0 Å². The molecule has 0 amide bonds.